The minimum Gasteiger partial charge on any atom is -0.479 e. The summed E-state index contributed by atoms with van der Waals surface area (Å²) in [6.07, 6.45) is -0.936. The van der Waals surface area contributed by atoms with E-state index in [1.807, 2.05) is 30.3 Å². The van der Waals surface area contributed by atoms with Crippen LogP contribution in [0.2, 0.25) is 15.1 Å². The number of anilines is 1. The second-order valence-electron chi connectivity index (χ2n) is 6.38. The maximum Gasteiger partial charge on any atom is 0.295 e. The van der Waals surface area contributed by atoms with E-state index in [1.54, 1.807) is 25.6 Å². The molecule has 0 unspecified atom stereocenters. The summed E-state index contributed by atoms with van der Waals surface area (Å²) >= 11 is 18.0. The molecule has 1 N–H and O–H groups in total. The largest absolute Gasteiger partial charge is 0.479 e. The summed E-state index contributed by atoms with van der Waals surface area (Å²) in [5, 5.41) is 3.41. The third kappa shape index (κ3) is 4.29. The molecule has 2 aromatic carbocycles. The van der Waals surface area contributed by atoms with Gasteiger partial charge in [0.15, 0.2) is 6.10 Å². The van der Waals surface area contributed by atoms with Gasteiger partial charge in [-0.3, -0.25) is 14.3 Å². The summed E-state index contributed by atoms with van der Waals surface area (Å²) in [6, 6.07) is 12.0. The lowest BCUT2D eigenvalue weighted by atomic mass is 10.3. The Kier molecular flexibility index (Phi) is 6.27. The summed E-state index contributed by atoms with van der Waals surface area (Å²) in [5.41, 5.74) is 1.13. The molecule has 0 aliphatic carbocycles. The van der Waals surface area contributed by atoms with E-state index in [9.17, 15) is 9.59 Å². The number of benzene rings is 2. The number of rotatable bonds is 5. The van der Waals surface area contributed by atoms with Crippen molar-refractivity contribution in [2.24, 2.45) is 7.05 Å². The van der Waals surface area contributed by atoms with E-state index in [0.29, 0.717) is 11.4 Å². The van der Waals surface area contributed by atoms with E-state index in [1.165, 1.54) is 16.8 Å². The van der Waals surface area contributed by atoms with Gasteiger partial charge in [-0.25, -0.2) is 4.68 Å². The van der Waals surface area contributed by atoms with Gasteiger partial charge in [-0.15, -0.1) is 0 Å². The van der Waals surface area contributed by atoms with Crippen LogP contribution in [0.15, 0.2) is 47.3 Å². The predicted octanol–water partition coefficient (Wildman–Crippen LogP) is 4.85. The van der Waals surface area contributed by atoms with E-state index in [-0.39, 0.29) is 32.1 Å². The zero-order valence-electron chi connectivity index (χ0n) is 15.9. The monoisotopic (exact) mass is 453 g/mol. The van der Waals surface area contributed by atoms with E-state index < -0.39 is 12.0 Å². The fourth-order valence-corrected chi connectivity index (χ4v) is 3.36. The zero-order valence-corrected chi connectivity index (χ0v) is 18.1. The zero-order chi connectivity index (χ0) is 21.3. The molecule has 0 aliphatic rings. The average molecular weight is 455 g/mol. The van der Waals surface area contributed by atoms with E-state index >= 15 is 0 Å². The van der Waals surface area contributed by atoms with Gasteiger partial charge in [-0.1, -0.05) is 53.0 Å². The van der Waals surface area contributed by atoms with Crippen molar-refractivity contribution in [2.45, 2.75) is 20.0 Å². The van der Waals surface area contributed by atoms with Crippen molar-refractivity contribution in [1.29, 1.82) is 0 Å². The highest BCUT2D eigenvalue weighted by atomic mass is 35.5. The molecule has 3 aromatic rings. The van der Waals surface area contributed by atoms with Crippen LogP contribution in [-0.4, -0.2) is 21.4 Å². The van der Waals surface area contributed by atoms with Crippen LogP contribution in [0.3, 0.4) is 0 Å². The molecular formula is C20H18Cl3N3O3. The number of hydrogen-bond donors (Lipinski definition) is 1. The highest BCUT2D eigenvalue weighted by Gasteiger charge is 2.22. The molecule has 0 spiro atoms. The molecular weight excluding hydrogens is 437 g/mol. The third-order valence-electron chi connectivity index (χ3n) is 4.45. The molecule has 1 amide bonds. The number of carbonyl (C=O) groups excluding carboxylic acids is 1. The number of nitrogens with zero attached hydrogens (tertiary/aromatic N) is 2. The molecule has 29 heavy (non-hydrogen) atoms. The smallest absolute Gasteiger partial charge is 0.295 e. The summed E-state index contributed by atoms with van der Waals surface area (Å²) in [5.74, 6) is -0.284. The normalized spacial score (nSPS) is 11.9. The second kappa shape index (κ2) is 8.53. The number of halogens is 3. The first-order valence-corrected chi connectivity index (χ1v) is 9.80. The molecule has 0 saturated heterocycles. The minimum absolute atomic E-state index is 0.178. The van der Waals surface area contributed by atoms with Gasteiger partial charge in [0.2, 0.25) is 0 Å². The first-order chi connectivity index (χ1) is 13.7. The Bertz CT molecular complexity index is 1120. The molecule has 9 heteroatoms. The Balaban J connectivity index is 1.84. The number of amides is 1. The van der Waals surface area contributed by atoms with Crippen LogP contribution in [0.5, 0.6) is 5.75 Å². The third-order valence-corrected chi connectivity index (χ3v) is 5.47. The first-order valence-electron chi connectivity index (χ1n) is 8.66. The molecule has 152 valence electrons. The van der Waals surface area contributed by atoms with Crippen LogP contribution in [-0.2, 0) is 11.8 Å². The molecule has 0 bridgehead atoms. The lowest BCUT2D eigenvalue weighted by Gasteiger charge is -2.16. The molecule has 1 heterocycles. The Morgan fingerprint density at radius 3 is 2.34 bits per heavy atom. The minimum atomic E-state index is -0.936. The molecule has 3 rings (SSSR count). The number of carbonyl (C=O) groups is 1. The summed E-state index contributed by atoms with van der Waals surface area (Å²) in [6.45, 7) is 3.29. The number of para-hydroxylation sites is 1. The Morgan fingerprint density at radius 1 is 1.07 bits per heavy atom. The van der Waals surface area contributed by atoms with Crippen LogP contribution < -0.4 is 15.6 Å². The highest BCUT2D eigenvalue weighted by Crippen LogP contribution is 2.34. The molecule has 1 atom stereocenters. The average Bonchev–Trinajstić information content (AvgIpc) is 2.90. The lowest BCUT2D eigenvalue weighted by molar-refractivity contribution is -0.122. The molecule has 6 nitrogen and oxygen atoms in total. The Hall–Kier alpha value is -2.41. The van der Waals surface area contributed by atoms with E-state index in [4.69, 9.17) is 39.5 Å². The summed E-state index contributed by atoms with van der Waals surface area (Å²) < 4.78 is 8.77. The van der Waals surface area contributed by atoms with Crippen molar-refractivity contribution >= 4 is 46.4 Å². The summed E-state index contributed by atoms with van der Waals surface area (Å²) in [7, 11) is 1.74. The van der Waals surface area contributed by atoms with Crippen LogP contribution in [0, 0.1) is 6.92 Å². The fraction of sp³-hybridized carbons (Fsp3) is 0.200. The van der Waals surface area contributed by atoms with Gasteiger partial charge in [0, 0.05) is 13.1 Å². The van der Waals surface area contributed by atoms with Gasteiger partial charge in [-0.2, -0.15) is 0 Å². The number of nitrogens with one attached hydrogen (secondary N) is 1. The highest BCUT2D eigenvalue weighted by molar-refractivity contribution is 6.43. The standard InChI is InChI=1S/C20H18Cl3N3O3/c1-11-18(20(28)26(25(11)3)13-7-5-4-6-8-13)24-19(27)12(2)29-17-10-15(22)14(21)9-16(17)23/h4-10,12H,1-3H3,(H,24,27)/t12-/m0/s1. The topological polar surface area (TPSA) is 65.3 Å². The number of ether oxygens (including phenoxy) is 1. The van der Waals surface area contributed by atoms with Gasteiger partial charge in [0.05, 0.1) is 26.4 Å². The van der Waals surface area contributed by atoms with Gasteiger partial charge < -0.3 is 10.1 Å². The van der Waals surface area contributed by atoms with Crippen LogP contribution in [0.25, 0.3) is 5.69 Å². The van der Waals surface area contributed by atoms with Crippen LogP contribution in [0.4, 0.5) is 5.69 Å². The molecule has 0 fully saturated rings. The maximum absolute atomic E-state index is 12.9. The van der Waals surface area contributed by atoms with Crippen molar-refractivity contribution < 1.29 is 9.53 Å². The van der Waals surface area contributed by atoms with Gasteiger partial charge in [-0.05, 0) is 32.0 Å². The number of hydrogen-bond acceptors (Lipinski definition) is 3. The van der Waals surface area contributed by atoms with Gasteiger partial charge in [0.25, 0.3) is 11.5 Å². The first kappa shape index (κ1) is 21.3. The fourth-order valence-electron chi connectivity index (χ4n) is 2.78. The van der Waals surface area contributed by atoms with Crippen LogP contribution >= 0.6 is 34.8 Å². The van der Waals surface area contributed by atoms with Crippen molar-refractivity contribution in [3.63, 3.8) is 0 Å². The van der Waals surface area contributed by atoms with Crippen molar-refractivity contribution in [3.05, 3.63) is 73.6 Å². The molecule has 1 aromatic heterocycles. The molecule has 0 saturated carbocycles. The van der Waals surface area contributed by atoms with E-state index in [2.05, 4.69) is 5.32 Å². The SMILES string of the molecule is Cc1c(NC(=O)[C@H](C)Oc2cc(Cl)c(Cl)cc2Cl)c(=O)n(-c2ccccc2)n1C. The van der Waals surface area contributed by atoms with Crippen molar-refractivity contribution in [2.75, 3.05) is 5.32 Å². The lowest BCUT2D eigenvalue weighted by Crippen LogP contribution is -2.32. The quantitative estimate of drug-likeness (QED) is 0.560. The second-order valence-corrected chi connectivity index (χ2v) is 7.60. The Labute approximate surface area is 182 Å². The van der Waals surface area contributed by atoms with Crippen LogP contribution in [0.1, 0.15) is 12.6 Å². The molecule has 0 aliphatic heterocycles. The molecule has 0 radical (unpaired) electrons. The maximum atomic E-state index is 12.9. The van der Waals surface area contributed by atoms with Gasteiger partial charge >= 0.3 is 0 Å². The number of aromatic nitrogens is 2. The van der Waals surface area contributed by atoms with Crippen molar-refractivity contribution in [1.82, 2.24) is 9.36 Å². The Morgan fingerprint density at radius 2 is 1.69 bits per heavy atom. The van der Waals surface area contributed by atoms with E-state index in [0.717, 1.165) is 0 Å². The van der Waals surface area contributed by atoms with Gasteiger partial charge in [0.1, 0.15) is 11.4 Å². The summed E-state index contributed by atoms with van der Waals surface area (Å²) in [4.78, 5) is 25.5. The van der Waals surface area contributed by atoms with Crippen molar-refractivity contribution in [3.8, 4) is 11.4 Å². The predicted molar refractivity (Wildman–Crippen MR) is 116 cm³/mol.